The predicted molar refractivity (Wildman–Crippen MR) is 200 cm³/mol. The van der Waals surface area contributed by atoms with Crippen LogP contribution in [0.4, 0.5) is 0 Å². The third-order valence-electron chi connectivity index (χ3n) is 9.69. The standard InChI is InChI=1S/C41H58O16/c1-8-32-33(17-11-9-10-15-30(47)16-13-12-14-29-18-20-31(21-19-29)52-25(3)43)34(39(48)49-7)22-51-40(32)57-41-38(55-28(6)46)37(54-27(5)45)36(53-26(4)44)35(56-41)23-50-24(2)42/h18-22,30,32-33,35-38,40-41,47H,8-17,23H2,1-7H3/t30-,32-,33+,35-,36-,37+,38-,40+,41+/m1/s1. The van der Waals surface area contributed by atoms with Crippen molar-refractivity contribution in [2.24, 2.45) is 11.8 Å². The molecule has 9 atom stereocenters. The van der Waals surface area contributed by atoms with Gasteiger partial charge in [-0.3, -0.25) is 24.0 Å². The van der Waals surface area contributed by atoms with Crippen molar-refractivity contribution >= 4 is 35.8 Å². The smallest absolute Gasteiger partial charge is 0.337 e. The van der Waals surface area contributed by atoms with Gasteiger partial charge in [-0.2, -0.15) is 0 Å². The number of carbonyl (C=O) groups is 6. The van der Waals surface area contributed by atoms with Crippen LogP contribution in [0.15, 0.2) is 36.1 Å². The fourth-order valence-electron chi connectivity index (χ4n) is 7.14. The summed E-state index contributed by atoms with van der Waals surface area (Å²) in [4.78, 5) is 72.5. The first-order valence-electron chi connectivity index (χ1n) is 19.5. The molecular formula is C41H58O16. The minimum atomic E-state index is -1.47. The molecule has 3 rings (SSSR count). The number of aliphatic hydroxyl groups excluding tert-OH is 1. The molecule has 0 aliphatic carbocycles. The van der Waals surface area contributed by atoms with Crippen LogP contribution >= 0.6 is 0 Å². The molecule has 1 aromatic carbocycles. The molecule has 0 saturated carbocycles. The van der Waals surface area contributed by atoms with E-state index in [2.05, 4.69) is 0 Å². The second-order valence-electron chi connectivity index (χ2n) is 14.2. The fourth-order valence-corrected chi connectivity index (χ4v) is 7.14. The van der Waals surface area contributed by atoms with Crippen LogP contribution < -0.4 is 4.74 Å². The first-order chi connectivity index (χ1) is 27.1. The van der Waals surface area contributed by atoms with E-state index in [1.54, 1.807) is 12.1 Å². The number of carbonyl (C=O) groups excluding carboxylic acids is 6. The minimum Gasteiger partial charge on any atom is -0.472 e. The third-order valence-corrected chi connectivity index (χ3v) is 9.69. The molecular weight excluding hydrogens is 748 g/mol. The molecule has 1 aromatic rings. The van der Waals surface area contributed by atoms with E-state index in [-0.39, 0.29) is 11.9 Å². The van der Waals surface area contributed by atoms with E-state index >= 15 is 0 Å². The van der Waals surface area contributed by atoms with Gasteiger partial charge in [0.1, 0.15) is 18.5 Å². The third kappa shape index (κ3) is 15.4. The first kappa shape index (κ1) is 46.8. The summed E-state index contributed by atoms with van der Waals surface area (Å²) in [6.07, 6.45) is 0.186. The molecule has 57 heavy (non-hydrogen) atoms. The maximum atomic E-state index is 12.9. The Morgan fingerprint density at radius 1 is 0.737 bits per heavy atom. The molecule has 0 aromatic heterocycles. The molecule has 0 bridgehead atoms. The van der Waals surface area contributed by atoms with Crippen molar-refractivity contribution in [1.82, 2.24) is 0 Å². The number of hydrogen-bond acceptors (Lipinski definition) is 16. The minimum absolute atomic E-state index is 0.326. The summed E-state index contributed by atoms with van der Waals surface area (Å²) >= 11 is 0. The van der Waals surface area contributed by atoms with Gasteiger partial charge in [-0.25, -0.2) is 4.79 Å². The molecule has 2 aliphatic rings. The lowest BCUT2D eigenvalue weighted by Gasteiger charge is -2.46. The topological polar surface area (TPSA) is 206 Å². The van der Waals surface area contributed by atoms with Crippen molar-refractivity contribution in [2.75, 3.05) is 13.7 Å². The van der Waals surface area contributed by atoms with Gasteiger partial charge in [0.15, 0.2) is 18.3 Å². The summed E-state index contributed by atoms with van der Waals surface area (Å²) in [6, 6.07) is 7.41. The Balaban J connectivity index is 1.66. The van der Waals surface area contributed by atoms with Crippen molar-refractivity contribution < 1.29 is 76.5 Å². The van der Waals surface area contributed by atoms with Gasteiger partial charge in [-0.1, -0.05) is 44.7 Å². The number of aliphatic hydroxyl groups is 1. The molecule has 16 heteroatoms. The van der Waals surface area contributed by atoms with Crippen molar-refractivity contribution in [3.63, 3.8) is 0 Å². The molecule has 0 radical (unpaired) electrons. The number of rotatable bonds is 21. The Morgan fingerprint density at radius 2 is 1.35 bits per heavy atom. The number of benzene rings is 1. The quantitative estimate of drug-likeness (QED) is 0.0767. The zero-order valence-corrected chi connectivity index (χ0v) is 33.9. The molecule has 318 valence electrons. The highest BCUT2D eigenvalue weighted by Gasteiger charge is 2.54. The summed E-state index contributed by atoms with van der Waals surface area (Å²) in [6.45, 7) is 7.42. The van der Waals surface area contributed by atoms with Gasteiger partial charge in [-0.05, 0) is 56.2 Å². The van der Waals surface area contributed by atoms with Gasteiger partial charge >= 0.3 is 35.8 Å². The van der Waals surface area contributed by atoms with E-state index in [1.165, 1.54) is 27.2 Å². The van der Waals surface area contributed by atoms with Crippen LogP contribution in [0.2, 0.25) is 0 Å². The van der Waals surface area contributed by atoms with Crippen LogP contribution in [0, 0.1) is 11.8 Å². The fraction of sp³-hybridized carbons (Fsp3) is 0.659. The van der Waals surface area contributed by atoms with Gasteiger partial charge in [0.25, 0.3) is 0 Å². The molecule has 0 unspecified atom stereocenters. The Hall–Kier alpha value is -4.54. The molecule has 1 N–H and O–H groups in total. The average Bonchev–Trinajstić information content (AvgIpc) is 3.14. The Bertz CT molecular complexity index is 1520. The Kier molecular flexibility index (Phi) is 19.4. The van der Waals surface area contributed by atoms with Gasteiger partial charge < -0.3 is 47.7 Å². The average molecular weight is 807 g/mol. The molecule has 16 nitrogen and oxygen atoms in total. The predicted octanol–water partition coefficient (Wildman–Crippen LogP) is 4.79. The van der Waals surface area contributed by atoms with Crippen LogP contribution in [-0.2, 0) is 73.1 Å². The lowest BCUT2D eigenvalue weighted by molar-refractivity contribution is -0.344. The zero-order valence-electron chi connectivity index (χ0n) is 33.9. The highest BCUT2D eigenvalue weighted by Crippen LogP contribution is 2.40. The lowest BCUT2D eigenvalue weighted by atomic mass is 9.79. The number of esters is 6. The van der Waals surface area contributed by atoms with Crippen LogP contribution in [0.1, 0.15) is 105 Å². The summed E-state index contributed by atoms with van der Waals surface area (Å²) in [5.74, 6) is -4.17. The molecule has 2 heterocycles. The molecule has 1 fully saturated rings. The maximum absolute atomic E-state index is 12.9. The van der Waals surface area contributed by atoms with E-state index in [4.69, 9.17) is 42.6 Å². The van der Waals surface area contributed by atoms with Crippen LogP contribution in [0.25, 0.3) is 0 Å². The van der Waals surface area contributed by atoms with Crippen LogP contribution in [0.3, 0.4) is 0 Å². The molecule has 0 amide bonds. The zero-order chi connectivity index (χ0) is 42.1. The van der Waals surface area contributed by atoms with E-state index in [0.717, 1.165) is 64.9 Å². The van der Waals surface area contributed by atoms with E-state index < -0.39 is 85.5 Å². The number of hydrogen-bond donors (Lipinski definition) is 1. The molecule has 1 saturated heterocycles. The number of methoxy groups -OCH3 is 1. The van der Waals surface area contributed by atoms with Crippen LogP contribution in [0.5, 0.6) is 5.75 Å². The van der Waals surface area contributed by atoms with Gasteiger partial charge in [0.05, 0.1) is 25.0 Å². The lowest BCUT2D eigenvalue weighted by Crippen LogP contribution is -2.63. The first-order valence-corrected chi connectivity index (χ1v) is 19.5. The monoisotopic (exact) mass is 806 g/mol. The van der Waals surface area contributed by atoms with Gasteiger partial charge in [-0.15, -0.1) is 0 Å². The second-order valence-corrected chi connectivity index (χ2v) is 14.2. The second kappa shape index (κ2) is 23.6. The Morgan fingerprint density at radius 3 is 1.93 bits per heavy atom. The molecule has 0 spiro atoms. The summed E-state index contributed by atoms with van der Waals surface area (Å²) in [5, 5.41) is 10.6. The highest BCUT2D eigenvalue weighted by molar-refractivity contribution is 5.88. The number of unbranched alkanes of at least 4 members (excludes halogenated alkanes) is 3. The van der Waals surface area contributed by atoms with Crippen molar-refractivity contribution in [1.29, 1.82) is 0 Å². The Labute approximate surface area is 333 Å². The highest BCUT2D eigenvalue weighted by atomic mass is 16.8. The number of aryl methyl sites for hydroxylation is 1. The van der Waals surface area contributed by atoms with Crippen molar-refractivity contribution in [3.05, 3.63) is 41.7 Å². The normalized spacial score (nSPS) is 24.8. The SMILES string of the molecule is CC[C@H]1[C@H](O[C@@H]2O[C@H](COC(C)=O)[C@@H](OC(C)=O)[C@H](OC(C)=O)[C@H]2OC(C)=O)OC=C(C(=O)OC)[C@H]1CCCCC[C@@H](O)CCCCc1ccc(OC(C)=O)cc1. The van der Waals surface area contributed by atoms with Crippen LogP contribution in [-0.4, -0.2) is 97.7 Å². The van der Waals surface area contributed by atoms with E-state index in [9.17, 15) is 33.9 Å². The van der Waals surface area contributed by atoms with Crippen molar-refractivity contribution in [3.8, 4) is 5.75 Å². The van der Waals surface area contributed by atoms with Gasteiger partial charge in [0, 0.05) is 46.5 Å². The largest absolute Gasteiger partial charge is 0.472 e. The van der Waals surface area contributed by atoms with E-state index in [0.29, 0.717) is 37.0 Å². The van der Waals surface area contributed by atoms with Gasteiger partial charge in [0.2, 0.25) is 12.6 Å². The summed E-state index contributed by atoms with van der Waals surface area (Å²) < 4.78 is 50.3. The maximum Gasteiger partial charge on any atom is 0.337 e. The summed E-state index contributed by atoms with van der Waals surface area (Å²) in [7, 11) is 1.28. The van der Waals surface area contributed by atoms with E-state index in [1.807, 2.05) is 19.1 Å². The molecule has 2 aliphatic heterocycles. The number of ether oxygens (including phenoxy) is 9. The summed E-state index contributed by atoms with van der Waals surface area (Å²) in [5.41, 5.74) is 1.46. The van der Waals surface area contributed by atoms with Crippen molar-refractivity contribution in [2.45, 2.75) is 149 Å².